The van der Waals surface area contributed by atoms with Gasteiger partial charge < -0.3 is 21.0 Å². The highest BCUT2D eigenvalue weighted by Gasteiger charge is 2.54. The second kappa shape index (κ2) is 10.7. The topological polar surface area (TPSA) is 164 Å². The smallest absolute Gasteiger partial charge is 0.352 e. The highest BCUT2D eigenvalue weighted by atomic mass is 32.2. The first-order valence-corrected chi connectivity index (χ1v) is 12.8. The zero-order chi connectivity index (χ0) is 24.9. The second-order valence-electron chi connectivity index (χ2n) is 7.45. The van der Waals surface area contributed by atoms with E-state index < -0.39 is 29.2 Å². The number of nitrogens with two attached hydrogens (primary N) is 1. The van der Waals surface area contributed by atoms with Gasteiger partial charge in [-0.1, -0.05) is 11.2 Å². The number of carbonyl (C=O) groups excluding carboxylic acids is 2. The first-order chi connectivity index (χ1) is 16.9. The molecular weight excluding hydrogens is 494 g/mol. The average molecular weight is 517 g/mol. The molecule has 1 saturated heterocycles. The van der Waals surface area contributed by atoms with Gasteiger partial charge in [-0.3, -0.25) is 14.5 Å². The number of thioether (sulfide) groups is 2. The molecule has 182 valence electrons. The van der Waals surface area contributed by atoms with Crippen molar-refractivity contribution in [1.29, 1.82) is 0 Å². The lowest BCUT2D eigenvalue weighted by Crippen LogP contribution is -2.71. The number of amides is 2. The molecule has 0 saturated carbocycles. The van der Waals surface area contributed by atoms with Crippen molar-refractivity contribution in [3.63, 3.8) is 0 Å². The number of aliphatic carboxylic acids is 1. The molecule has 0 aromatic carbocycles. The molecule has 12 nitrogen and oxygen atoms in total. The highest BCUT2D eigenvalue weighted by molar-refractivity contribution is 8.00. The van der Waals surface area contributed by atoms with Gasteiger partial charge in [0, 0.05) is 29.7 Å². The Labute approximate surface area is 208 Å². The number of nitrogens with zero attached hydrogens (tertiary/aromatic N) is 5. The molecule has 1 fully saturated rings. The normalized spacial score (nSPS) is 19.6. The predicted octanol–water partition coefficient (Wildman–Crippen LogP) is -0.174. The minimum Gasteiger partial charge on any atom is -0.477 e. The van der Waals surface area contributed by atoms with Crippen molar-refractivity contribution in [2.75, 3.05) is 23.7 Å². The molecular formula is C21H22N7O5S2+. The lowest BCUT2D eigenvalue weighted by molar-refractivity contribution is -0.689. The minimum atomic E-state index is -1.19. The van der Waals surface area contributed by atoms with Gasteiger partial charge in [0.2, 0.25) is 5.71 Å². The van der Waals surface area contributed by atoms with Gasteiger partial charge in [0.15, 0.2) is 30.7 Å². The van der Waals surface area contributed by atoms with Gasteiger partial charge in [-0.25, -0.2) is 19.3 Å². The number of fused-ring (bicyclic) bond motifs is 1. The van der Waals surface area contributed by atoms with Crippen LogP contribution in [0.25, 0.3) is 0 Å². The Hall–Kier alpha value is -3.65. The molecule has 4 heterocycles. The number of carboxylic acid groups (broad SMARTS) is 1. The van der Waals surface area contributed by atoms with Crippen molar-refractivity contribution in [3.05, 3.63) is 60.0 Å². The standard InChI is InChI=1S/C21H21N7O5S2/c1-34-11-33-26-14(17-23-6-5-13(22)24-17)18(29)25-15-19(30)28-16(21(31)32)12(10-35-20(15)28)9-27-7-3-2-4-8-27/h2-8,15,20H,9-11H2,1H3,(H3-,22,23,24,25,29,31,32)/p+1/t15?,20-/m0/s1. The molecule has 0 aliphatic carbocycles. The van der Waals surface area contributed by atoms with Crippen molar-refractivity contribution in [2.45, 2.75) is 18.0 Å². The maximum atomic E-state index is 13.0. The van der Waals surface area contributed by atoms with Gasteiger partial charge in [0.05, 0.1) is 0 Å². The monoisotopic (exact) mass is 516 g/mol. The lowest BCUT2D eigenvalue weighted by atomic mass is 10.0. The van der Waals surface area contributed by atoms with E-state index in [0.717, 1.165) is 0 Å². The molecule has 14 heteroatoms. The van der Waals surface area contributed by atoms with E-state index >= 15 is 0 Å². The molecule has 4 N–H and O–H groups in total. The third-order valence-corrected chi connectivity index (χ3v) is 6.80. The van der Waals surface area contributed by atoms with E-state index in [-0.39, 0.29) is 29.0 Å². The Bertz CT molecular complexity index is 1210. The Morgan fingerprint density at radius 3 is 2.86 bits per heavy atom. The van der Waals surface area contributed by atoms with Crippen LogP contribution in [0.4, 0.5) is 5.82 Å². The van der Waals surface area contributed by atoms with E-state index in [0.29, 0.717) is 17.9 Å². The molecule has 2 aromatic rings. The van der Waals surface area contributed by atoms with Crippen molar-refractivity contribution >= 4 is 52.8 Å². The number of hydrogen-bond donors (Lipinski definition) is 3. The van der Waals surface area contributed by atoms with Crippen LogP contribution in [0, 0.1) is 0 Å². The molecule has 1 unspecified atom stereocenters. The van der Waals surface area contributed by atoms with Crippen LogP contribution < -0.4 is 15.6 Å². The number of carboxylic acids is 1. The molecule has 0 bridgehead atoms. The molecule has 2 amide bonds. The van der Waals surface area contributed by atoms with Crippen LogP contribution in [0.3, 0.4) is 0 Å². The summed E-state index contributed by atoms with van der Waals surface area (Å²) in [5, 5.41) is 15.7. The Balaban J connectivity index is 1.53. The first-order valence-electron chi connectivity index (χ1n) is 10.3. The van der Waals surface area contributed by atoms with Crippen LogP contribution >= 0.6 is 23.5 Å². The summed E-state index contributed by atoms with van der Waals surface area (Å²) in [6, 6.07) is 6.05. The summed E-state index contributed by atoms with van der Waals surface area (Å²) in [6.07, 6.45) is 6.82. The van der Waals surface area contributed by atoms with E-state index in [1.165, 1.54) is 40.7 Å². The quantitative estimate of drug-likeness (QED) is 0.102. The molecule has 2 aliphatic rings. The number of rotatable bonds is 9. The molecule has 35 heavy (non-hydrogen) atoms. The number of hydrogen-bond acceptors (Lipinski definition) is 10. The second-order valence-corrected chi connectivity index (χ2v) is 9.36. The molecule has 0 radical (unpaired) electrons. The fourth-order valence-corrected chi connectivity index (χ4v) is 5.08. The summed E-state index contributed by atoms with van der Waals surface area (Å²) in [5.41, 5.74) is 6.01. The number of anilines is 1. The van der Waals surface area contributed by atoms with Crippen LogP contribution in [0.15, 0.2) is 59.3 Å². The number of pyridine rings is 1. The lowest BCUT2D eigenvalue weighted by Gasteiger charge is -2.49. The third-order valence-electron chi connectivity index (χ3n) is 5.12. The summed E-state index contributed by atoms with van der Waals surface area (Å²) >= 11 is 2.73. The van der Waals surface area contributed by atoms with Crippen molar-refractivity contribution in [1.82, 2.24) is 20.2 Å². The molecule has 2 atom stereocenters. The van der Waals surface area contributed by atoms with Crippen LogP contribution in [-0.4, -0.2) is 72.8 Å². The van der Waals surface area contributed by atoms with E-state index in [1.54, 1.807) is 6.26 Å². The van der Waals surface area contributed by atoms with Crippen LogP contribution in [0.1, 0.15) is 5.82 Å². The van der Waals surface area contributed by atoms with E-state index in [9.17, 15) is 19.5 Å². The third kappa shape index (κ3) is 5.22. The van der Waals surface area contributed by atoms with Gasteiger partial charge in [0.25, 0.3) is 11.8 Å². The Morgan fingerprint density at radius 2 is 2.17 bits per heavy atom. The molecule has 4 rings (SSSR count). The number of carbonyl (C=O) groups is 3. The number of oxime groups is 1. The van der Waals surface area contributed by atoms with E-state index in [2.05, 4.69) is 20.4 Å². The van der Waals surface area contributed by atoms with Gasteiger partial charge in [0.1, 0.15) is 22.9 Å². The van der Waals surface area contributed by atoms with Crippen LogP contribution in [0.2, 0.25) is 0 Å². The van der Waals surface area contributed by atoms with Crippen molar-refractivity contribution in [3.8, 4) is 0 Å². The molecule has 2 aliphatic heterocycles. The summed E-state index contributed by atoms with van der Waals surface area (Å²) in [5.74, 6) is -1.81. The summed E-state index contributed by atoms with van der Waals surface area (Å²) < 4.78 is 1.84. The minimum absolute atomic E-state index is 0.0584. The van der Waals surface area contributed by atoms with E-state index in [4.69, 9.17) is 10.6 Å². The van der Waals surface area contributed by atoms with Crippen molar-refractivity contribution < 1.29 is 28.9 Å². The van der Waals surface area contributed by atoms with Gasteiger partial charge >= 0.3 is 5.97 Å². The highest BCUT2D eigenvalue weighted by Crippen LogP contribution is 2.40. The Kier molecular flexibility index (Phi) is 7.51. The Morgan fingerprint density at radius 1 is 1.40 bits per heavy atom. The maximum absolute atomic E-state index is 13.0. The molecule has 2 aromatic heterocycles. The largest absolute Gasteiger partial charge is 0.477 e. The van der Waals surface area contributed by atoms with Crippen molar-refractivity contribution in [2.24, 2.45) is 5.16 Å². The van der Waals surface area contributed by atoms with Gasteiger partial charge in [-0.2, -0.15) is 0 Å². The SMILES string of the molecule is CSCON=C(C(=O)NC1C(=O)N2C(C(=O)O)=C(C[n+]3ccccc3)CS[C@@H]12)c1nccc(N)n1. The number of nitrogens with one attached hydrogen (secondary N) is 1. The first kappa shape index (κ1) is 24.5. The van der Waals surface area contributed by atoms with Crippen LogP contribution in [0.5, 0.6) is 0 Å². The number of β-lactam (4-membered cyclic amide) rings is 1. The number of aromatic nitrogens is 3. The summed E-state index contributed by atoms with van der Waals surface area (Å²) in [7, 11) is 0. The summed E-state index contributed by atoms with van der Waals surface area (Å²) in [4.78, 5) is 52.5. The van der Waals surface area contributed by atoms with E-state index in [1.807, 2.05) is 35.2 Å². The zero-order valence-electron chi connectivity index (χ0n) is 18.5. The van der Waals surface area contributed by atoms with Gasteiger partial charge in [-0.15, -0.1) is 23.5 Å². The summed E-state index contributed by atoms with van der Waals surface area (Å²) in [6.45, 7) is 0.333. The van der Waals surface area contributed by atoms with Crippen LogP contribution in [-0.2, 0) is 25.8 Å². The predicted molar refractivity (Wildman–Crippen MR) is 129 cm³/mol. The fourth-order valence-electron chi connectivity index (χ4n) is 3.59. The maximum Gasteiger partial charge on any atom is 0.352 e. The zero-order valence-corrected chi connectivity index (χ0v) is 20.2. The number of nitrogen functional groups attached to an aromatic ring is 1. The molecule has 0 spiro atoms. The fraction of sp³-hybridized carbons (Fsp3) is 0.286. The average Bonchev–Trinajstić information content (AvgIpc) is 2.85. The van der Waals surface area contributed by atoms with Gasteiger partial charge in [-0.05, 0) is 12.3 Å².